The van der Waals surface area contributed by atoms with Crippen LogP contribution in [0.1, 0.15) is 29.1 Å². The van der Waals surface area contributed by atoms with E-state index in [9.17, 15) is 4.79 Å². The van der Waals surface area contributed by atoms with Gasteiger partial charge < -0.3 is 5.32 Å². The molecule has 0 aliphatic heterocycles. The molecule has 1 aromatic rings. The predicted octanol–water partition coefficient (Wildman–Crippen LogP) is 2.96. The Morgan fingerprint density at radius 1 is 1.62 bits per heavy atom. The van der Waals surface area contributed by atoms with Gasteiger partial charge in [0.25, 0.3) is 5.91 Å². The van der Waals surface area contributed by atoms with Crippen LogP contribution < -0.4 is 5.32 Å². The maximum Gasteiger partial charge on any atom is 0.262 e. The molecule has 1 rings (SSSR count). The fourth-order valence-corrected chi connectivity index (χ4v) is 2.48. The van der Waals surface area contributed by atoms with E-state index in [0.717, 1.165) is 14.9 Å². The van der Waals surface area contributed by atoms with E-state index in [-0.39, 0.29) is 11.9 Å². The monoisotopic (exact) mass is 261 g/mol. The van der Waals surface area contributed by atoms with Crippen LogP contribution in [0.4, 0.5) is 0 Å². The van der Waals surface area contributed by atoms with Crippen LogP contribution in [0, 0.1) is 6.92 Å². The number of rotatable bonds is 2. The van der Waals surface area contributed by atoms with Crippen LogP contribution >= 0.6 is 27.3 Å². The molecule has 0 aliphatic carbocycles. The van der Waals surface area contributed by atoms with E-state index in [0.29, 0.717) is 0 Å². The summed E-state index contributed by atoms with van der Waals surface area (Å²) < 4.78 is 0.913. The fourth-order valence-electron chi connectivity index (χ4n) is 0.911. The SMILES string of the molecule is Cc1csc(C(=O)NC(C)C)c1Br. The van der Waals surface area contributed by atoms with E-state index in [1.54, 1.807) is 0 Å². The number of hydrogen-bond acceptors (Lipinski definition) is 2. The minimum absolute atomic E-state index is 0.0000231. The Bertz CT molecular complexity index is 319. The van der Waals surface area contributed by atoms with E-state index >= 15 is 0 Å². The number of halogens is 1. The van der Waals surface area contributed by atoms with E-state index in [4.69, 9.17) is 0 Å². The molecule has 1 heterocycles. The third-order valence-corrected chi connectivity index (χ3v) is 3.91. The lowest BCUT2D eigenvalue weighted by Crippen LogP contribution is -2.29. The highest BCUT2D eigenvalue weighted by Crippen LogP contribution is 2.27. The summed E-state index contributed by atoms with van der Waals surface area (Å²) in [6, 6.07) is 0.182. The van der Waals surface area contributed by atoms with Crippen LogP contribution in [0.3, 0.4) is 0 Å². The summed E-state index contributed by atoms with van der Waals surface area (Å²) in [6.45, 7) is 5.88. The summed E-state index contributed by atoms with van der Waals surface area (Å²) in [5.41, 5.74) is 1.11. The van der Waals surface area contributed by atoms with Gasteiger partial charge >= 0.3 is 0 Å². The predicted molar refractivity (Wildman–Crippen MR) is 59.4 cm³/mol. The van der Waals surface area contributed by atoms with Crippen molar-refractivity contribution in [3.8, 4) is 0 Å². The molecule has 72 valence electrons. The second kappa shape index (κ2) is 4.24. The van der Waals surface area contributed by atoms with Crippen LogP contribution in [0.5, 0.6) is 0 Å². The van der Waals surface area contributed by atoms with Crippen molar-refractivity contribution in [2.45, 2.75) is 26.8 Å². The third kappa shape index (κ3) is 2.54. The first-order valence-electron chi connectivity index (χ1n) is 4.06. The third-order valence-electron chi connectivity index (χ3n) is 1.53. The zero-order chi connectivity index (χ0) is 10.0. The van der Waals surface area contributed by atoms with Crippen LogP contribution in [0.25, 0.3) is 0 Å². The molecular weight excluding hydrogens is 250 g/mol. The number of amides is 1. The molecule has 0 saturated heterocycles. The van der Waals surface area contributed by atoms with E-state index in [1.807, 2.05) is 26.2 Å². The Kier molecular flexibility index (Phi) is 3.50. The Labute approximate surface area is 90.5 Å². The number of carbonyl (C=O) groups excluding carboxylic acids is 1. The highest BCUT2D eigenvalue weighted by Gasteiger charge is 2.14. The van der Waals surface area contributed by atoms with Crippen LogP contribution in [-0.2, 0) is 0 Å². The lowest BCUT2D eigenvalue weighted by Gasteiger charge is -2.06. The van der Waals surface area contributed by atoms with Crippen molar-refractivity contribution in [3.05, 3.63) is 20.3 Å². The van der Waals surface area contributed by atoms with Crippen molar-refractivity contribution >= 4 is 33.2 Å². The van der Waals surface area contributed by atoms with E-state index < -0.39 is 0 Å². The minimum atomic E-state index is -0.0000231. The average Bonchev–Trinajstić information content (AvgIpc) is 2.31. The molecule has 1 amide bonds. The van der Waals surface area contributed by atoms with Crippen molar-refractivity contribution < 1.29 is 4.79 Å². The Hall–Kier alpha value is -0.350. The number of hydrogen-bond donors (Lipinski definition) is 1. The Balaban J connectivity index is 2.83. The van der Waals surface area contributed by atoms with E-state index in [1.165, 1.54) is 11.3 Å². The topological polar surface area (TPSA) is 29.1 Å². The van der Waals surface area contributed by atoms with Crippen molar-refractivity contribution in [2.75, 3.05) is 0 Å². The molecule has 1 aromatic heterocycles. The molecular formula is C9H12BrNOS. The molecule has 0 unspecified atom stereocenters. The molecule has 1 N–H and O–H groups in total. The summed E-state index contributed by atoms with van der Waals surface area (Å²) in [4.78, 5) is 12.3. The number of carbonyl (C=O) groups is 1. The maximum absolute atomic E-state index is 11.6. The van der Waals surface area contributed by atoms with Crippen molar-refractivity contribution in [1.29, 1.82) is 0 Å². The van der Waals surface area contributed by atoms with Crippen molar-refractivity contribution in [3.63, 3.8) is 0 Å². The van der Waals surface area contributed by atoms with Gasteiger partial charge in [-0.3, -0.25) is 4.79 Å². The lowest BCUT2D eigenvalue weighted by molar-refractivity contribution is 0.0946. The van der Waals surface area contributed by atoms with Gasteiger partial charge in [0.2, 0.25) is 0 Å². The first-order valence-corrected chi connectivity index (χ1v) is 5.74. The molecule has 0 saturated carbocycles. The van der Waals surface area contributed by atoms with Crippen LogP contribution in [0.15, 0.2) is 9.85 Å². The largest absolute Gasteiger partial charge is 0.349 e. The first-order chi connectivity index (χ1) is 6.02. The second-order valence-electron chi connectivity index (χ2n) is 3.19. The highest BCUT2D eigenvalue weighted by atomic mass is 79.9. The fraction of sp³-hybridized carbons (Fsp3) is 0.444. The first kappa shape index (κ1) is 10.7. The Morgan fingerprint density at radius 3 is 2.62 bits per heavy atom. The smallest absolute Gasteiger partial charge is 0.262 e. The summed E-state index contributed by atoms with van der Waals surface area (Å²) in [6.07, 6.45) is 0. The zero-order valence-electron chi connectivity index (χ0n) is 7.85. The van der Waals surface area contributed by atoms with Crippen molar-refractivity contribution in [2.24, 2.45) is 0 Å². The number of thiophene rings is 1. The van der Waals surface area contributed by atoms with Gasteiger partial charge in [-0.25, -0.2) is 0 Å². The lowest BCUT2D eigenvalue weighted by atomic mass is 10.3. The van der Waals surface area contributed by atoms with Gasteiger partial charge in [-0.1, -0.05) is 0 Å². The molecule has 2 nitrogen and oxygen atoms in total. The maximum atomic E-state index is 11.6. The minimum Gasteiger partial charge on any atom is -0.349 e. The normalized spacial score (nSPS) is 10.5. The van der Waals surface area contributed by atoms with Gasteiger partial charge in [-0.15, -0.1) is 11.3 Å². The molecule has 0 aromatic carbocycles. The molecule has 0 bridgehead atoms. The van der Waals surface area contributed by atoms with Gasteiger partial charge in [0.1, 0.15) is 4.88 Å². The number of nitrogens with one attached hydrogen (secondary N) is 1. The van der Waals surface area contributed by atoms with E-state index in [2.05, 4.69) is 21.2 Å². The van der Waals surface area contributed by atoms with Crippen molar-refractivity contribution in [1.82, 2.24) is 5.32 Å². The quantitative estimate of drug-likeness (QED) is 0.872. The standard InChI is InChI=1S/C9H12BrNOS/c1-5(2)11-9(12)8-7(10)6(3)4-13-8/h4-5H,1-3H3,(H,11,12). The highest BCUT2D eigenvalue weighted by molar-refractivity contribution is 9.10. The van der Waals surface area contributed by atoms with Crippen LogP contribution in [0.2, 0.25) is 0 Å². The van der Waals surface area contributed by atoms with Crippen LogP contribution in [-0.4, -0.2) is 11.9 Å². The van der Waals surface area contributed by atoms with Gasteiger partial charge in [0, 0.05) is 10.5 Å². The summed E-state index contributed by atoms with van der Waals surface area (Å²) in [7, 11) is 0. The molecule has 0 aliphatic rings. The summed E-state index contributed by atoms with van der Waals surface area (Å²) in [5.74, 6) is -0.0000231. The van der Waals surface area contributed by atoms with Gasteiger partial charge in [-0.2, -0.15) is 0 Å². The summed E-state index contributed by atoms with van der Waals surface area (Å²) in [5, 5.41) is 4.83. The molecule has 0 fully saturated rings. The average molecular weight is 262 g/mol. The van der Waals surface area contributed by atoms with Gasteiger partial charge in [-0.05, 0) is 47.6 Å². The summed E-state index contributed by atoms with van der Waals surface area (Å²) >= 11 is 4.86. The zero-order valence-corrected chi connectivity index (χ0v) is 10.3. The molecule has 4 heteroatoms. The Morgan fingerprint density at radius 2 is 2.23 bits per heavy atom. The molecule has 0 radical (unpaired) electrons. The molecule has 13 heavy (non-hydrogen) atoms. The van der Waals surface area contributed by atoms with Gasteiger partial charge in [0.15, 0.2) is 0 Å². The van der Waals surface area contributed by atoms with Gasteiger partial charge in [0.05, 0.1) is 0 Å². The number of aryl methyl sites for hydroxylation is 1. The molecule has 0 atom stereocenters. The second-order valence-corrected chi connectivity index (χ2v) is 4.86. The molecule has 0 spiro atoms.